The van der Waals surface area contributed by atoms with Gasteiger partial charge in [0, 0.05) is 31.9 Å². The van der Waals surface area contributed by atoms with E-state index in [2.05, 4.69) is 10.2 Å². The molecule has 0 aromatic carbocycles. The van der Waals surface area contributed by atoms with E-state index in [-0.39, 0.29) is 0 Å². The molecule has 1 saturated carbocycles. The molecule has 1 aliphatic heterocycles. The molecule has 5 heteroatoms. The minimum absolute atomic E-state index is 0.324. The molecule has 16 heavy (non-hydrogen) atoms. The van der Waals surface area contributed by atoms with E-state index in [1.54, 1.807) is 0 Å². The van der Waals surface area contributed by atoms with Crippen molar-refractivity contribution in [3.05, 3.63) is 0 Å². The van der Waals surface area contributed by atoms with Gasteiger partial charge in [0.05, 0.1) is 5.75 Å². The van der Waals surface area contributed by atoms with Crippen LogP contribution >= 0.6 is 0 Å². The van der Waals surface area contributed by atoms with Gasteiger partial charge in [-0.3, -0.25) is 0 Å². The number of piperazine rings is 1. The molecule has 94 valence electrons. The molecule has 0 spiro atoms. The van der Waals surface area contributed by atoms with Gasteiger partial charge in [-0.1, -0.05) is 0 Å². The van der Waals surface area contributed by atoms with Crippen LogP contribution in [0.4, 0.5) is 0 Å². The number of rotatable bonds is 5. The van der Waals surface area contributed by atoms with Crippen LogP contribution in [0.15, 0.2) is 0 Å². The Hall–Kier alpha value is -0.130. The van der Waals surface area contributed by atoms with Crippen LogP contribution in [-0.2, 0) is 9.84 Å². The second-order valence-corrected chi connectivity index (χ2v) is 7.44. The lowest BCUT2D eigenvalue weighted by Gasteiger charge is -2.33. The van der Waals surface area contributed by atoms with Crippen molar-refractivity contribution in [3.63, 3.8) is 0 Å². The molecule has 1 saturated heterocycles. The minimum atomic E-state index is -2.78. The summed E-state index contributed by atoms with van der Waals surface area (Å²) in [6.07, 6.45) is 4.83. The van der Waals surface area contributed by atoms with Crippen molar-refractivity contribution in [2.75, 3.05) is 38.2 Å². The van der Waals surface area contributed by atoms with Gasteiger partial charge in [-0.25, -0.2) is 8.42 Å². The summed E-state index contributed by atoms with van der Waals surface area (Å²) >= 11 is 0. The molecule has 4 nitrogen and oxygen atoms in total. The Balaban J connectivity index is 1.68. The van der Waals surface area contributed by atoms with Crippen molar-refractivity contribution in [2.24, 2.45) is 5.92 Å². The summed E-state index contributed by atoms with van der Waals surface area (Å²) in [6.45, 7) is 4.15. The zero-order valence-corrected chi connectivity index (χ0v) is 10.8. The Morgan fingerprint density at radius 1 is 1.38 bits per heavy atom. The third-order valence-electron chi connectivity index (χ3n) is 3.47. The van der Waals surface area contributed by atoms with Crippen molar-refractivity contribution >= 4 is 9.84 Å². The molecule has 1 aliphatic carbocycles. The first-order valence-electron chi connectivity index (χ1n) is 6.18. The quantitative estimate of drug-likeness (QED) is 0.748. The maximum atomic E-state index is 11.0. The Morgan fingerprint density at radius 3 is 2.75 bits per heavy atom. The second-order valence-electron chi connectivity index (χ2n) is 5.18. The predicted molar refractivity (Wildman–Crippen MR) is 65.3 cm³/mol. The summed E-state index contributed by atoms with van der Waals surface area (Å²) in [4.78, 5) is 2.41. The summed E-state index contributed by atoms with van der Waals surface area (Å²) in [7, 11) is -2.78. The molecular weight excluding hydrogens is 224 g/mol. The molecule has 2 fully saturated rings. The molecule has 0 aromatic rings. The first kappa shape index (κ1) is 12.3. The van der Waals surface area contributed by atoms with Crippen LogP contribution in [0.3, 0.4) is 0 Å². The molecule has 2 rings (SSSR count). The third-order valence-corrected chi connectivity index (χ3v) is 4.50. The number of sulfone groups is 1. The highest BCUT2D eigenvalue weighted by Crippen LogP contribution is 2.33. The van der Waals surface area contributed by atoms with Gasteiger partial charge >= 0.3 is 0 Å². The van der Waals surface area contributed by atoms with Gasteiger partial charge in [0.2, 0.25) is 0 Å². The van der Waals surface area contributed by atoms with Crippen LogP contribution < -0.4 is 5.32 Å². The SMILES string of the molecule is CS(=O)(=O)CCCN1CCNC(C2CC2)C1. The molecular formula is C11H22N2O2S. The Kier molecular flexibility index (Phi) is 3.87. The number of hydrogen-bond donors (Lipinski definition) is 1. The molecule has 0 aromatic heterocycles. The Morgan fingerprint density at radius 2 is 2.12 bits per heavy atom. The fraction of sp³-hybridized carbons (Fsp3) is 1.00. The van der Waals surface area contributed by atoms with Crippen molar-refractivity contribution in [1.82, 2.24) is 10.2 Å². The van der Waals surface area contributed by atoms with Crippen molar-refractivity contribution in [1.29, 1.82) is 0 Å². The van der Waals surface area contributed by atoms with E-state index in [0.29, 0.717) is 11.8 Å². The summed E-state index contributed by atoms with van der Waals surface area (Å²) in [6, 6.07) is 0.659. The van der Waals surface area contributed by atoms with E-state index in [9.17, 15) is 8.42 Å². The average Bonchev–Trinajstić information content (AvgIpc) is 2.99. The van der Waals surface area contributed by atoms with Crippen LogP contribution in [0.5, 0.6) is 0 Å². The maximum absolute atomic E-state index is 11.0. The lowest BCUT2D eigenvalue weighted by Crippen LogP contribution is -2.51. The van der Waals surface area contributed by atoms with Gasteiger partial charge < -0.3 is 10.2 Å². The summed E-state index contributed by atoms with van der Waals surface area (Å²) < 4.78 is 22.0. The Bertz CT molecular complexity index is 325. The van der Waals surface area contributed by atoms with Crippen LogP contribution in [0.1, 0.15) is 19.3 Å². The monoisotopic (exact) mass is 246 g/mol. The molecule has 0 amide bonds. The first-order chi connectivity index (χ1) is 7.54. The minimum Gasteiger partial charge on any atom is -0.311 e. The fourth-order valence-electron chi connectivity index (χ4n) is 2.41. The molecule has 1 unspecified atom stereocenters. The summed E-state index contributed by atoms with van der Waals surface area (Å²) in [5.74, 6) is 1.21. The van der Waals surface area contributed by atoms with Gasteiger partial charge in [0.15, 0.2) is 0 Å². The lowest BCUT2D eigenvalue weighted by atomic mass is 10.1. The highest BCUT2D eigenvalue weighted by atomic mass is 32.2. The van der Waals surface area contributed by atoms with E-state index >= 15 is 0 Å². The van der Waals surface area contributed by atoms with Crippen molar-refractivity contribution in [2.45, 2.75) is 25.3 Å². The number of nitrogens with zero attached hydrogens (tertiary/aromatic N) is 1. The standard InChI is InChI=1S/C11H22N2O2S/c1-16(14,15)8-2-6-13-7-5-12-11(9-13)10-3-4-10/h10-12H,2-9H2,1H3. The highest BCUT2D eigenvalue weighted by Gasteiger charge is 2.33. The largest absolute Gasteiger partial charge is 0.311 e. The first-order valence-corrected chi connectivity index (χ1v) is 8.24. The molecule has 0 radical (unpaired) electrons. The Labute approximate surface area is 98.3 Å². The predicted octanol–water partition coefficient (Wildman–Crippen LogP) is 0.105. The number of hydrogen-bond acceptors (Lipinski definition) is 4. The second kappa shape index (κ2) is 5.02. The zero-order valence-electron chi connectivity index (χ0n) is 9.98. The normalized spacial score (nSPS) is 28.2. The van der Waals surface area contributed by atoms with Gasteiger partial charge in [-0.2, -0.15) is 0 Å². The molecule has 2 aliphatic rings. The van der Waals surface area contributed by atoms with E-state index in [1.807, 2.05) is 0 Å². The number of nitrogens with one attached hydrogen (secondary N) is 1. The smallest absolute Gasteiger partial charge is 0.147 e. The van der Waals surface area contributed by atoms with Crippen molar-refractivity contribution < 1.29 is 8.42 Å². The molecule has 1 N–H and O–H groups in total. The summed E-state index contributed by atoms with van der Waals surface area (Å²) in [5, 5.41) is 3.56. The summed E-state index contributed by atoms with van der Waals surface area (Å²) in [5.41, 5.74) is 0. The van der Waals surface area contributed by atoms with Gasteiger partial charge in [-0.15, -0.1) is 0 Å². The van der Waals surface area contributed by atoms with E-state index in [1.165, 1.54) is 19.1 Å². The maximum Gasteiger partial charge on any atom is 0.147 e. The third kappa shape index (κ3) is 4.03. The molecule has 1 heterocycles. The molecule has 1 atom stereocenters. The lowest BCUT2D eigenvalue weighted by molar-refractivity contribution is 0.189. The topological polar surface area (TPSA) is 49.4 Å². The van der Waals surface area contributed by atoms with Crippen LogP contribution in [0.25, 0.3) is 0 Å². The van der Waals surface area contributed by atoms with Crippen LogP contribution in [-0.4, -0.2) is 57.5 Å². The van der Waals surface area contributed by atoms with E-state index in [4.69, 9.17) is 0 Å². The van der Waals surface area contributed by atoms with Gasteiger partial charge in [-0.05, 0) is 31.7 Å². The zero-order chi connectivity index (χ0) is 11.6. The van der Waals surface area contributed by atoms with E-state index in [0.717, 1.165) is 38.5 Å². The van der Waals surface area contributed by atoms with Crippen molar-refractivity contribution in [3.8, 4) is 0 Å². The van der Waals surface area contributed by atoms with Gasteiger partial charge in [0.25, 0.3) is 0 Å². The fourth-order valence-corrected chi connectivity index (χ4v) is 3.06. The molecule has 0 bridgehead atoms. The van der Waals surface area contributed by atoms with Crippen LogP contribution in [0, 0.1) is 5.92 Å². The highest BCUT2D eigenvalue weighted by molar-refractivity contribution is 7.90. The van der Waals surface area contributed by atoms with E-state index < -0.39 is 9.84 Å². The average molecular weight is 246 g/mol. The van der Waals surface area contributed by atoms with Gasteiger partial charge in [0.1, 0.15) is 9.84 Å². The van der Waals surface area contributed by atoms with Crippen LogP contribution in [0.2, 0.25) is 0 Å².